The second kappa shape index (κ2) is 9.73. The molecule has 2 aromatic heterocycles. The van der Waals surface area contributed by atoms with Crippen LogP contribution in [0.2, 0.25) is 0 Å². The Balaban J connectivity index is 1.52. The van der Waals surface area contributed by atoms with E-state index in [-0.39, 0.29) is 41.7 Å². The van der Waals surface area contributed by atoms with Gasteiger partial charge in [0.1, 0.15) is 22.8 Å². The molecule has 0 amide bonds. The SMILES string of the molecule is CCc1c(F)ccc2cccc(-c3ncc4c(N5CCC[C@H](C)C5)nc(OCC5(CO)CC5)nc4c3F)c12. The van der Waals surface area contributed by atoms with E-state index in [1.807, 2.05) is 19.1 Å². The Labute approximate surface area is 220 Å². The lowest BCUT2D eigenvalue weighted by Gasteiger charge is -2.32. The molecule has 6 rings (SSSR count). The molecule has 1 saturated carbocycles. The van der Waals surface area contributed by atoms with Crippen LogP contribution in [-0.4, -0.2) is 46.4 Å². The minimum atomic E-state index is -0.580. The molecule has 0 radical (unpaired) electrons. The van der Waals surface area contributed by atoms with Crippen LogP contribution in [0, 0.1) is 23.0 Å². The first-order chi connectivity index (χ1) is 18.4. The van der Waals surface area contributed by atoms with E-state index in [9.17, 15) is 9.50 Å². The van der Waals surface area contributed by atoms with Crippen LogP contribution in [0.3, 0.4) is 0 Å². The van der Waals surface area contributed by atoms with Gasteiger partial charge in [0, 0.05) is 30.3 Å². The Kier molecular flexibility index (Phi) is 6.38. The number of benzene rings is 2. The van der Waals surface area contributed by atoms with Gasteiger partial charge in [-0.3, -0.25) is 4.98 Å². The Morgan fingerprint density at radius 2 is 2.00 bits per heavy atom. The third kappa shape index (κ3) is 4.34. The number of aryl methyl sites for hydroxylation is 1. The number of aliphatic hydroxyl groups is 1. The van der Waals surface area contributed by atoms with Gasteiger partial charge in [-0.05, 0) is 60.4 Å². The van der Waals surface area contributed by atoms with Crippen molar-refractivity contribution >= 4 is 27.5 Å². The van der Waals surface area contributed by atoms with Crippen LogP contribution in [0.25, 0.3) is 32.9 Å². The molecule has 2 aliphatic rings. The molecule has 8 heteroatoms. The first-order valence-electron chi connectivity index (χ1n) is 13.5. The molecule has 0 unspecified atom stereocenters. The van der Waals surface area contributed by atoms with E-state index in [4.69, 9.17) is 9.72 Å². The fourth-order valence-corrected chi connectivity index (χ4v) is 5.61. The summed E-state index contributed by atoms with van der Waals surface area (Å²) in [6.07, 6.45) is 6.02. The lowest BCUT2D eigenvalue weighted by molar-refractivity contribution is 0.140. The normalized spacial score (nSPS) is 18.8. The first-order valence-corrected chi connectivity index (χ1v) is 13.5. The van der Waals surface area contributed by atoms with Gasteiger partial charge in [0.05, 0.1) is 18.6 Å². The Morgan fingerprint density at radius 3 is 2.74 bits per heavy atom. The molecule has 38 heavy (non-hydrogen) atoms. The van der Waals surface area contributed by atoms with Crippen molar-refractivity contribution in [3.63, 3.8) is 0 Å². The van der Waals surface area contributed by atoms with Gasteiger partial charge < -0.3 is 14.7 Å². The third-order valence-electron chi connectivity index (χ3n) is 8.10. The maximum atomic E-state index is 16.4. The maximum absolute atomic E-state index is 16.4. The van der Waals surface area contributed by atoms with Crippen molar-refractivity contribution in [2.75, 3.05) is 31.2 Å². The van der Waals surface area contributed by atoms with Gasteiger partial charge in [-0.15, -0.1) is 0 Å². The van der Waals surface area contributed by atoms with Crippen molar-refractivity contribution in [1.29, 1.82) is 0 Å². The average molecular weight is 519 g/mol. The van der Waals surface area contributed by atoms with Crippen molar-refractivity contribution in [3.05, 3.63) is 53.7 Å². The largest absolute Gasteiger partial charge is 0.463 e. The summed E-state index contributed by atoms with van der Waals surface area (Å²) in [5.74, 6) is 0.202. The van der Waals surface area contributed by atoms with Crippen molar-refractivity contribution in [2.24, 2.45) is 11.3 Å². The molecule has 3 heterocycles. The van der Waals surface area contributed by atoms with Crippen LogP contribution >= 0.6 is 0 Å². The summed E-state index contributed by atoms with van der Waals surface area (Å²) in [7, 11) is 0. The van der Waals surface area contributed by atoms with Crippen molar-refractivity contribution in [1.82, 2.24) is 15.0 Å². The van der Waals surface area contributed by atoms with Crippen molar-refractivity contribution in [3.8, 4) is 17.3 Å². The highest BCUT2D eigenvalue weighted by Crippen LogP contribution is 2.45. The molecule has 1 N–H and O–H groups in total. The monoisotopic (exact) mass is 518 g/mol. The second-order valence-corrected chi connectivity index (χ2v) is 10.9. The fourth-order valence-electron chi connectivity index (χ4n) is 5.61. The molecule has 1 aliphatic carbocycles. The smallest absolute Gasteiger partial charge is 0.319 e. The Hall–Kier alpha value is -3.39. The summed E-state index contributed by atoms with van der Waals surface area (Å²) < 4.78 is 37.1. The predicted octanol–water partition coefficient (Wildman–Crippen LogP) is 6.07. The summed E-state index contributed by atoms with van der Waals surface area (Å²) in [6, 6.07) is 8.78. The molecule has 4 aromatic rings. The van der Waals surface area contributed by atoms with Gasteiger partial charge in [0.15, 0.2) is 5.82 Å². The Bertz CT molecular complexity index is 1520. The van der Waals surface area contributed by atoms with Crippen molar-refractivity contribution in [2.45, 2.75) is 46.0 Å². The van der Waals surface area contributed by atoms with Crippen LogP contribution in [0.1, 0.15) is 45.1 Å². The number of fused-ring (bicyclic) bond motifs is 2. The summed E-state index contributed by atoms with van der Waals surface area (Å²) in [6.45, 7) is 6.03. The molecule has 1 atom stereocenters. The number of anilines is 1. The number of piperidine rings is 1. The number of ether oxygens (including phenoxy) is 1. The van der Waals surface area contributed by atoms with Crippen LogP contribution in [0.5, 0.6) is 6.01 Å². The van der Waals surface area contributed by atoms with Crippen LogP contribution in [-0.2, 0) is 6.42 Å². The van der Waals surface area contributed by atoms with E-state index in [1.54, 1.807) is 18.3 Å². The van der Waals surface area contributed by atoms with Gasteiger partial charge in [0.2, 0.25) is 0 Å². The average Bonchev–Trinajstić information content (AvgIpc) is 3.72. The second-order valence-electron chi connectivity index (χ2n) is 10.9. The van der Waals surface area contributed by atoms with E-state index in [0.717, 1.165) is 44.2 Å². The number of pyridine rings is 1. The molecular formula is C30H32F2N4O2. The van der Waals surface area contributed by atoms with Crippen LogP contribution in [0.15, 0.2) is 36.5 Å². The van der Waals surface area contributed by atoms with E-state index < -0.39 is 5.82 Å². The van der Waals surface area contributed by atoms with Crippen LogP contribution < -0.4 is 9.64 Å². The Morgan fingerprint density at radius 1 is 1.16 bits per heavy atom. The van der Waals surface area contributed by atoms with Crippen LogP contribution in [0.4, 0.5) is 14.6 Å². The summed E-state index contributed by atoms with van der Waals surface area (Å²) in [5, 5.41) is 11.7. The molecule has 6 nitrogen and oxygen atoms in total. The van der Waals surface area contributed by atoms with Crippen molar-refractivity contribution < 1.29 is 18.6 Å². The number of aromatic nitrogens is 3. The van der Waals surface area contributed by atoms with E-state index in [1.165, 1.54) is 6.07 Å². The predicted molar refractivity (Wildman–Crippen MR) is 144 cm³/mol. The fraction of sp³-hybridized carbons (Fsp3) is 0.433. The molecule has 1 aliphatic heterocycles. The lowest BCUT2D eigenvalue weighted by atomic mass is 9.95. The number of rotatable bonds is 7. The molecule has 198 valence electrons. The number of hydrogen-bond acceptors (Lipinski definition) is 6. The number of halogens is 2. The standard InChI is InChI=1S/C30H32F2N4O2/c1-3-20-23(31)10-9-19-7-4-8-21(24(19)20)26-25(32)27-22(14-33-26)28(36-13-5-6-18(2)15-36)35-29(34-27)38-17-30(16-37)11-12-30/h4,7-10,14,18,37H,3,5-6,11-13,15-17H2,1-2H3/t18-/m0/s1. The third-order valence-corrected chi connectivity index (χ3v) is 8.10. The van der Waals surface area contributed by atoms with Gasteiger partial charge in [-0.25, -0.2) is 8.78 Å². The molecule has 0 spiro atoms. The highest BCUT2D eigenvalue weighted by molar-refractivity contribution is 6.00. The summed E-state index contributed by atoms with van der Waals surface area (Å²) in [5.41, 5.74) is 1.06. The lowest BCUT2D eigenvalue weighted by Crippen LogP contribution is -2.35. The highest BCUT2D eigenvalue weighted by atomic mass is 19.1. The maximum Gasteiger partial charge on any atom is 0.319 e. The quantitative estimate of drug-likeness (QED) is 0.320. The summed E-state index contributed by atoms with van der Waals surface area (Å²) in [4.78, 5) is 15.9. The molecule has 1 saturated heterocycles. The molecule has 2 fully saturated rings. The summed E-state index contributed by atoms with van der Waals surface area (Å²) >= 11 is 0. The molecule has 0 bridgehead atoms. The topological polar surface area (TPSA) is 71.4 Å². The number of hydrogen-bond donors (Lipinski definition) is 1. The van der Waals surface area contributed by atoms with E-state index in [2.05, 4.69) is 21.8 Å². The van der Waals surface area contributed by atoms with Gasteiger partial charge >= 0.3 is 6.01 Å². The number of nitrogens with zero attached hydrogens (tertiary/aromatic N) is 4. The molecule has 2 aromatic carbocycles. The van der Waals surface area contributed by atoms with E-state index in [0.29, 0.717) is 40.1 Å². The zero-order valence-electron chi connectivity index (χ0n) is 21.8. The van der Waals surface area contributed by atoms with Gasteiger partial charge in [0.25, 0.3) is 0 Å². The zero-order chi connectivity index (χ0) is 26.4. The first kappa shape index (κ1) is 24.9. The van der Waals surface area contributed by atoms with Gasteiger partial charge in [-0.2, -0.15) is 9.97 Å². The molecular weight excluding hydrogens is 486 g/mol. The highest BCUT2D eigenvalue weighted by Gasteiger charge is 2.43. The number of aliphatic hydroxyl groups excluding tert-OH is 1. The minimum absolute atomic E-state index is 0.0386. The van der Waals surface area contributed by atoms with Gasteiger partial charge in [-0.1, -0.05) is 38.1 Å². The van der Waals surface area contributed by atoms with E-state index >= 15 is 4.39 Å². The minimum Gasteiger partial charge on any atom is -0.463 e. The zero-order valence-corrected chi connectivity index (χ0v) is 21.8.